The lowest BCUT2D eigenvalue weighted by Gasteiger charge is -2.17. The van der Waals surface area contributed by atoms with Crippen molar-refractivity contribution in [3.8, 4) is 0 Å². The predicted molar refractivity (Wildman–Crippen MR) is 72.1 cm³/mol. The first-order valence-corrected chi connectivity index (χ1v) is 6.44. The van der Waals surface area contributed by atoms with Crippen LogP contribution < -0.4 is 5.73 Å². The summed E-state index contributed by atoms with van der Waals surface area (Å²) in [7, 11) is 1.42. The SMILES string of the molecule is COC(=O)C(C)C(C)Sc1ccc(N)c(C)c1. The molecule has 0 aliphatic carbocycles. The Bertz CT molecular complexity index is 406. The molecule has 4 heteroatoms. The monoisotopic (exact) mass is 253 g/mol. The van der Waals surface area contributed by atoms with Crippen LogP contribution in [0.2, 0.25) is 0 Å². The Morgan fingerprint density at radius 1 is 1.41 bits per heavy atom. The number of hydrogen-bond acceptors (Lipinski definition) is 4. The zero-order valence-corrected chi connectivity index (χ0v) is 11.5. The van der Waals surface area contributed by atoms with Crippen molar-refractivity contribution >= 4 is 23.4 Å². The van der Waals surface area contributed by atoms with E-state index in [-0.39, 0.29) is 17.1 Å². The van der Waals surface area contributed by atoms with Crippen molar-refractivity contribution in [3.05, 3.63) is 23.8 Å². The molecule has 0 spiro atoms. The van der Waals surface area contributed by atoms with Gasteiger partial charge < -0.3 is 10.5 Å². The molecule has 94 valence electrons. The lowest BCUT2D eigenvalue weighted by molar-refractivity contribution is -0.144. The van der Waals surface area contributed by atoms with Crippen LogP contribution in [-0.2, 0) is 9.53 Å². The molecular weight excluding hydrogens is 234 g/mol. The van der Waals surface area contributed by atoms with E-state index >= 15 is 0 Å². The number of ether oxygens (including phenoxy) is 1. The molecule has 0 radical (unpaired) electrons. The zero-order valence-electron chi connectivity index (χ0n) is 10.7. The van der Waals surface area contributed by atoms with Crippen LogP contribution in [0.4, 0.5) is 5.69 Å². The number of methoxy groups -OCH3 is 1. The van der Waals surface area contributed by atoms with Crippen LogP contribution in [0.1, 0.15) is 19.4 Å². The second-order valence-electron chi connectivity index (χ2n) is 4.15. The Hall–Kier alpha value is -1.16. The topological polar surface area (TPSA) is 52.3 Å². The number of thioether (sulfide) groups is 1. The van der Waals surface area contributed by atoms with E-state index in [0.29, 0.717) is 0 Å². The highest BCUT2D eigenvalue weighted by Crippen LogP contribution is 2.30. The third kappa shape index (κ3) is 3.66. The summed E-state index contributed by atoms with van der Waals surface area (Å²) in [5.74, 6) is -0.292. The number of nitrogen functional groups attached to an aromatic ring is 1. The first-order valence-electron chi connectivity index (χ1n) is 5.56. The van der Waals surface area contributed by atoms with Crippen molar-refractivity contribution in [2.45, 2.75) is 30.9 Å². The molecule has 0 aliphatic heterocycles. The van der Waals surface area contributed by atoms with Gasteiger partial charge in [0.2, 0.25) is 0 Å². The summed E-state index contributed by atoms with van der Waals surface area (Å²) < 4.78 is 4.74. The van der Waals surface area contributed by atoms with E-state index in [1.807, 2.05) is 39.0 Å². The first-order chi connectivity index (χ1) is 7.95. The lowest BCUT2D eigenvalue weighted by atomic mass is 10.1. The number of benzene rings is 1. The molecule has 3 nitrogen and oxygen atoms in total. The van der Waals surface area contributed by atoms with Gasteiger partial charge in [-0.3, -0.25) is 4.79 Å². The molecule has 1 rings (SSSR count). The highest BCUT2D eigenvalue weighted by atomic mass is 32.2. The fourth-order valence-corrected chi connectivity index (χ4v) is 2.55. The first kappa shape index (κ1) is 13.9. The van der Waals surface area contributed by atoms with Gasteiger partial charge in [-0.25, -0.2) is 0 Å². The largest absolute Gasteiger partial charge is 0.469 e. The molecule has 0 aromatic heterocycles. The van der Waals surface area contributed by atoms with Gasteiger partial charge in [-0.15, -0.1) is 11.8 Å². The highest BCUT2D eigenvalue weighted by Gasteiger charge is 2.21. The van der Waals surface area contributed by atoms with Gasteiger partial charge in [0, 0.05) is 15.8 Å². The lowest BCUT2D eigenvalue weighted by Crippen LogP contribution is -2.21. The maximum atomic E-state index is 11.4. The Morgan fingerprint density at radius 3 is 2.59 bits per heavy atom. The van der Waals surface area contributed by atoms with Gasteiger partial charge in [0.15, 0.2) is 0 Å². The van der Waals surface area contributed by atoms with Gasteiger partial charge in [-0.05, 0) is 30.7 Å². The fraction of sp³-hybridized carbons (Fsp3) is 0.462. The molecular formula is C13H19NO2S. The molecule has 1 aromatic carbocycles. The van der Waals surface area contributed by atoms with Crippen molar-refractivity contribution in [1.82, 2.24) is 0 Å². The average molecular weight is 253 g/mol. The van der Waals surface area contributed by atoms with Crippen molar-refractivity contribution in [2.24, 2.45) is 5.92 Å². The second-order valence-corrected chi connectivity index (χ2v) is 5.60. The Kier molecular flexibility index (Phi) is 4.87. The number of carbonyl (C=O) groups is 1. The van der Waals surface area contributed by atoms with E-state index < -0.39 is 0 Å². The molecule has 0 aliphatic rings. The minimum atomic E-state index is -0.169. The van der Waals surface area contributed by atoms with Crippen LogP contribution in [0.5, 0.6) is 0 Å². The van der Waals surface area contributed by atoms with Gasteiger partial charge in [0.1, 0.15) is 0 Å². The van der Waals surface area contributed by atoms with Crippen LogP contribution in [0.15, 0.2) is 23.1 Å². The van der Waals surface area contributed by atoms with Crippen LogP contribution in [0.3, 0.4) is 0 Å². The van der Waals surface area contributed by atoms with E-state index in [4.69, 9.17) is 10.5 Å². The van der Waals surface area contributed by atoms with Crippen molar-refractivity contribution in [1.29, 1.82) is 0 Å². The predicted octanol–water partition coefficient (Wildman–Crippen LogP) is 2.87. The summed E-state index contributed by atoms with van der Waals surface area (Å²) >= 11 is 1.66. The number of aryl methyl sites for hydroxylation is 1. The van der Waals surface area contributed by atoms with Crippen molar-refractivity contribution < 1.29 is 9.53 Å². The van der Waals surface area contributed by atoms with E-state index in [0.717, 1.165) is 16.1 Å². The molecule has 0 fully saturated rings. The van der Waals surface area contributed by atoms with Crippen LogP contribution >= 0.6 is 11.8 Å². The number of hydrogen-bond donors (Lipinski definition) is 1. The Balaban J connectivity index is 2.70. The van der Waals surface area contributed by atoms with E-state index in [1.54, 1.807) is 11.8 Å². The van der Waals surface area contributed by atoms with Crippen LogP contribution in [-0.4, -0.2) is 18.3 Å². The van der Waals surface area contributed by atoms with Crippen molar-refractivity contribution in [3.63, 3.8) is 0 Å². The highest BCUT2D eigenvalue weighted by molar-refractivity contribution is 8.00. The van der Waals surface area contributed by atoms with Gasteiger partial charge in [-0.1, -0.05) is 13.8 Å². The molecule has 1 aromatic rings. The smallest absolute Gasteiger partial charge is 0.309 e. The Labute approximate surface area is 107 Å². The van der Waals surface area contributed by atoms with Gasteiger partial charge in [0.25, 0.3) is 0 Å². The number of esters is 1. The van der Waals surface area contributed by atoms with Gasteiger partial charge in [-0.2, -0.15) is 0 Å². The summed E-state index contributed by atoms with van der Waals surface area (Å²) in [6, 6.07) is 5.92. The summed E-state index contributed by atoms with van der Waals surface area (Å²) in [5, 5.41) is 0.172. The minimum Gasteiger partial charge on any atom is -0.469 e. The fourth-order valence-electron chi connectivity index (χ4n) is 1.42. The molecule has 0 saturated heterocycles. The molecule has 2 atom stereocenters. The normalized spacial score (nSPS) is 14.1. The molecule has 0 saturated carbocycles. The molecule has 2 N–H and O–H groups in total. The number of anilines is 1. The Morgan fingerprint density at radius 2 is 2.06 bits per heavy atom. The van der Waals surface area contributed by atoms with Crippen LogP contribution in [0.25, 0.3) is 0 Å². The summed E-state index contributed by atoms with van der Waals surface area (Å²) in [6.45, 7) is 5.89. The quantitative estimate of drug-likeness (QED) is 0.509. The number of nitrogens with two attached hydrogens (primary N) is 1. The maximum absolute atomic E-state index is 11.4. The third-order valence-corrected chi connectivity index (χ3v) is 4.15. The molecule has 0 heterocycles. The number of rotatable bonds is 4. The summed E-state index contributed by atoms with van der Waals surface area (Å²) in [5.41, 5.74) is 7.62. The average Bonchev–Trinajstić information content (AvgIpc) is 2.31. The zero-order chi connectivity index (χ0) is 13.0. The van der Waals surface area contributed by atoms with Crippen molar-refractivity contribution in [2.75, 3.05) is 12.8 Å². The maximum Gasteiger partial charge on any atom is 0.309 e. The van der Waals surface area contributed by atoms with E-state index in [9.17, 15) is 4.79 Å². The summed E-state index contributed by atoms with van der Waals surface area (Å²) in [4.78, 5) is 12.5. The van der Waals surface area contributed by atoms with Gasteiger partial charge >= 0.3 is 5.97 Å². The standard InChI is InChI=1S/C13H19NO2S/c1-8-7-11(5-6-12(8)14)17-10(3)9(2)13(15)16-4/h5-7,9-10H,14H2,1-4H3. The minimum absolute atomic E-state index is 0.122. The second kappa shape index (κ2) is 5.96. The molecule has 0 bridgehead atoms. The molecule has 17 heavy (non-hydrogen) atoms. The van der Waals surface area contributed by atoms with E-state index in [1.165, 1.54) is 7.11 Å². The summed E-state index contributed by atoms with van der Waals surface area (Å²) in [6.07, 6.45) is 0. The van der Waals surface area contributed by atoms with Crippen LogP contribution in [0, 0.1) is 12.8 Å². The van der Waals surface area contributed by atoms with E-state index in [2.05, 4.69) is 0 Å². The number of carbonyl (C=O) groups excluding carboxylic acids is 1. The molecule has 0 amide bonds. The van der Waals surface area contributed by atoms with Gasteiger partial charge in [0.05, 0.1) is 13.0 Å². The molecule has 2 unspecified atom stereocenters. The third-order valence-electron chi connectivity index (χ3n) is 2.84.